The van der Waals surface area contributed by atoms with E-state index in [9.17, 15) is 32.6 Å². The molecule has 1 unspecified atom stereocenters. The van der Waals surface area contributed by atoms with Crippen molar-refractivity contribution in [1.82, 2.24) is 4.90 Å². The number of hydrogen-bond donors (Lipinski definition) is 2. The van der Waals surface area contributed by atoms with Crippen LogP contribution in [-0.2, 0) is 4.79 Å². The lowest BCUT2D eigenvalue weighted by atomic mass is 9.83. The predicted octanol–water partition coefficient (Wildman–Crippen LogP) is 1.45. The van der Waals surface area contributed by atoms with E-state index in [4.69, 9.17) is 0 Å². The van der Waals surface area contributed by atoms with Crippen LogP contribution in [0.1, 0.15) is 19.3 Å². The van der Waals surface area contributed by atoms with Gasteiger partial charge >= 0.3 is 6.18 Å². The van der Waals surface area contributed by atoms with Crippen LogP contribution in [0.25, 0.3) is 0 Å². The van der Waals surface area contributed by atoms with Crippen LogP contribution in [0.5, 0.6) is 0 Å². The Bertz CT molecular complexity index is 468. The maximum absolute atomic E-state index is 14.0. The summed E-state index contributed by atoms with van der Waals surface area (Å²) in [4.78, 5) is 12.6. The Hall–Kier alpha value is -1.25. The lowest BCUT2D eigenvalue weighted by molar-refractivity contribution is -0.183. The van der Waals surface area contributed by atoms with Gasteiger partial charge in [-0.1, -0.05) is 12.2 Å². The third-order valence-electron chi connectivity index (χ3n) is 3.69. The van der Waals surface area contributed by atoms with E-state index in [-0.39, 0.29) is 13.0 Å². The van der Waals surface area contributed by atoms with Crippen LogP contribution >= 0.6 is 0 Å². The van der Waals surface area contributed by atoms with Crippen molar-refractivity contribution in [3.05, 3.63) is 24.3 Å². The number of carbonyl (C=O) groups excluding carboxylic acids is 1. The second-order valence-corrected chi connectivity index (χ2v) is 5.23. The van der Waals surface area contributed by atoms with E-state index in [1.54, 1.807) is 0 Å². The van der Waals surface area contributed by atoms with Crippen molar-refractivity contribution in [2.45, 2.75) is 43.1 Å². The number of hydrogen-bond acceptors (Lipinski definition) is 4. The number of Topliss-reactive ketones (excluding diaryl/α,β-unsaturated/α-hetero) is 1. The Balaban J connectivity index is 2.46. The summed E-state index contributed by atoms with van der Waals surface area (Å²) in [7, 11) is 0. The van der Waals surface area contributed by atoms with Crippen LogP contribution in [0, 0.1) is 0 Å². The van der Waals surface area contributed by atoms with E-state index >= 15 is 0 Å². The number of halogens is 4. The molecule has 1 heterocycles. The van der Waals surface area contributed by atoms with Crippen molar-refractivity contribution in [3.63, 3.8) is 0 Å². The SMILES string of the molecule is O=C(C(F)(F)F)C1(N2CCCCC2F)C=CC(O)(O)C=C1. The average molecular weight is 309 g/mol. The molecule has 0 spiro atoms. The molecule has 0 bridgehead atoms. The van der Waals surface area contributed by atoms with E-state index in [0.717, 1.165) is 4.90 Å². The maximum atomic E-state index is 14.0. The fourth-order valence-electron chi connectivity index (χ4n) is 2.62. The summed E-state index contributed by atoms with van der Waals surface area (Å²) in [5, 5.41) is 18.7. The fourth-order valence-corrected chi connectivity index (χ4v) is 2.62. The summed E-state index contributed by atoms with van der Waals surface area (Å²) in [6.07, 6.45) is -3.15. The van der Waals surface area contributed by atoms with Gasteiger partial charge in [0.05, 0.1) is 0 Å². The fraction of sp³-hybridized carbons (Fsp3) is 0.615. The summed E-state index contributed by atoms with van der Waals surface area (Å²) in [6, 6.07) is 0. The third-order valence-corrected chi connectivity index (χ3v) is 3.69. The molecule has 21 heavy (non-hydrogen) atoms. The number of alkyl halides is 4. The van der Waals surface area contributed by atoms with Gasteiger partial charge in [0.2, 0.25) is 5.79 Å². The number of rotatable bonds is 2. The Morgan fingerprint density at radius 2 is 1.71 bits per heavy atom. The highest BCUT2D eigenvalue weighted by Crippen LogP contribution is 2.37. The van der Waals surface area contributed by atoms with Crippen molar-refractivity contribution in [2.75, 3.05) is 6.54 Å². The molecule has 0 aromatic rings. The number of carbonyl (C=O) groups is 1. The lowest BCUT2D eigenvalue weighted by Gasteiger charge is -2.44. The first-order valence-corrected chi connectivity index (χ1v) is 6.46. The highest BCUT2D eigenvalue weighted by molar-refractivity contribution is 5.97. The van der Waals surface area contributed by atoms with Crippen LogP contribution in [-0.4, -0.2) is 51.2 Å². The third kappa shape index (κ3) is 3.02. The molecule has 0 aromatic carbocycles. The number of ketones is 1. The summed E-state index contributed by atoms with van der Waals surface area (Å²) < 4.78 is 52.6. The second kappa shape index (κ2) is 5.19. The summed E-state index contributed by atoms with van der Waals surface area (Å²) in [5.41, 5.74) is -2.37. The lowest BCUT2D eigenvalue weighted by Crippen LogP contribution is -2.61. The zero-order valence-electron chi connectivity index (χ0n) is 11.0. The van der Waals surface area contributed by atoms with Crippen molar-refractivity contribution >= 4 is 5.78 Å². The second-order valence-electron chi connectivity index (χ2n) is 5.23. The first kappa shape index (κ1) is 16.1. The van der Waals surface area contributed by atoms with Gasteiger partial charge in [0.1, 0.15) is 5.54 Å². The molecule has 0 aromatic heterocycles. The minimum atomic E-state index is -5.17. The van der Waals surface area contributed by atoms with Gasteiger partial charge in [-0.15, -0.1) is 0 Å². The van der Waals surface area contributed by atoms with E-state index in [0.29, 0.717) is 37.1 Å². The molecule has 8 heteroatoms. The molecular formula is C13H15F4NO3. The van der Waals surface area contributed by atoms with E-state index in [1.165, 1.54) is 0 Å². The number of piperidine rings is 1. The van der Waals surface area contributed by atoms with Crippen molar-refractivity contribution in [3.8, 4) is 0 Å². The summed E-state index contributed by atoms with van der Waals surface area (Å²) in [5.74, 6) is -4.60. The monoisotopic (exact) mass is 309 g/mol. The number of likely N-dealkylation sites (tertiary alicyclic amines) is 1. The molecule has 1 aliphatic heterocycles. The summed E-state index contributed by atoms with van der Waals surface area (Å²) in [6.45, 7) is -0.0263. The molecule has 2 N–H and O–H groups in total. The Morgan fingerprint density at radius 3 is 2.19 bits per heavy atom. The van der Waals surface area contributed by atoms with Gasteiger partial charge in [-0.25, -0.2) is 4.39 Å². The zero-order chi connectivity index (χ0) is 15.9. The van der Waals surface area contributed by atoms with Gasteiger partial charge in [0.25, 0.3) is 5.78 Å². The van der Waals surface area contributed by atoms with E-state index in [1.807, 2.05) is 0 Å². The molecule has 2 aliphatic rings. The normalized spacial score (nSPS) is 28.6. The number of aliphatic hydroxyl groups is 2. The molecule has 0 radical (unpaired) electrons. The Labute approximate surface area is 118 Å². The van der Waals surface area contributed by atoms with Gasteiger partial charge in [-0.2, -0.15) is 13.2 Å². The van der Waals surface area contributed by atoms with Gasteiger partial charge < -0.3 is 10.2 Å². The zero-order valence-corrected chi connectivity index (χ0v) is 11.0. The van der Waals surface area contributed by atoms with E-state index < -0.39 is 29.6 Å². The highest BCUT2D eigenvalue weighted by atomic mass is 19.4. The molecular weight excluding hydrogens is 294 g/mol. The predicted molar refractivity (Wildman–Crippen MR) is 64.7 cm³/mol. The van der Waals surface area contributed by atoms with Gasteiger partial charge in [0, 0.05) is 6.54 Å². The van der Waals surface area contributed by atoms with Gasteiger partial charge in [-0.05, 0) is 31.4 Å². The quantitative estimate of drug-likeness (QED) is 0.351. The van der Waals surface area contributed by atoms with Gasteiger partial charge in [0.15, 0.2) is 6.30 Å². The molecule has 0 saturated carbocycles. The molecule has 1 atom stereocenters. The highest BCUT2D eigenvalue weighted by Gasteiger charge is 2.56. The molecule has 1 aliphatic carbocycles. The van der Waals surface area contributed by atoms with Crippen LogP contribution in [0.3, 0.4) is 0 Å². The molecule has 118 valence electrons. The first-order valence-electron chi connectivity index (χ1n) is 6.46. The standard InChI is InChI=1S/C13H15F4NO3/c14-9-3-1-2-8-18(9)11(10(19)13(15,16)17)4-6-12(20,21)7-5-11/h4-7,9,20-21H,1-3,8H2. The van der Waals surface area contributed by atoms with Crippen LogP contribution in [0.2, 0.25) is 0 Å². The maximum Gasteiger partial charge on any atom is 0.452 e. The smallest absolute Gasteiger partial charge is 0.359 e. The molecule has 2 rings (SSSR count). The minimum absolute atomic E-state index is 0.0258. The Kier molecular flexibility index (Phi) is 3.98. The van der Waals surface area contributed by atoms with E-state index in [2.05, 4.69) is 0 Å². The van der Waals surface area contributed by atoms with Crippen LogP contribution < -0.4 is 0 Å². The van der Waals surface area contributed by atoms with Crippen molar-refractivity contribution in [1.29, 1.82) is 0 Å². The topological polar surface area (TPSA) is 60.8 Å². The molecule has 1 fully saturated rings. The summed E-state index contributed by atoms with van der Waals surface area (Å²) >= 11 is 0. The van der Waals surface area contributed by atoms with Crippen LogP contribution in [0.15, 0.2) is 24.3 Å². The first-order chi connectivity index (χ1) is 9.58. The average Bonchev–Trinajstić information content (AvgIpc) is 2.39. The largest absolute Gasteiger partial charge is 0.452 e. The molecule has 0 amide bonds. The molecule has 4 nitrogen and oxygen atoms in total. The van der Waals surface area contributed by atoms with Crippen LogP contribution in [0.4, 0.5) is 17.6 Å². The molecule has 1 saturated heterocycles. The van der Waals surface area contributed by atoms with Crippen molar-refractivity contribution < 1.29 is 32.6 Å². The number of nitrogens with zero attached hydrogens (tertiary/aromatic N) is 1. The minimum Gasteiger partial charge on any atom is -0.359 e. The Morgan fingerprint density at radius 1 is 1.14 bits per heavy atom. The van der Waals surface area contributed by atoms with Gasteiger partial charge in [-0.3, -0.25) is 9.69 Å². The van der Waals surface area contributed by atoms with Crippen molar-refractivity contribution in [2.24, 2.45) is 0 Å².